The topological polar surface area (TPSA) is 125 Å². The molecule has 0 saturated carbocycles. The van der Waals surface area contributed by atoms with Gasteiger partial charge < -0.3 is 4.74 Å². The van der Waals surface area contributed by atoms with Crippen LogP contribution in [0.5, 0.6) is 11.5 Å². The Kier molecular flexibility index (Phi) is 6.26. The highest BCUT2D eigenvalue weighted by Crippen LogP contribution is 2.31. The molecule has 1 aliphatic heterocycles. The lowest BCUT2D eigenvalue weighted by molar-refractivity contribution is -0.135. The van der Waals surface area contributed by atoms with Crippen LogP contribution in [0.4, 0.5) is 0 Å². The average molecular weight is 457 g/mol. The van der Waals surface area contributed by atoms with Crippen LogP contribution in [0, 0.1) is 5.92 Å². The molecule has 1 amide bonds. The number of amides is 1. The van der Waals surface area contributed by atoms with Crippen LogP contribution in [0.2, 0.25) is 0 Å². The van der Waals surface area contributed by atoms with Gasteiger partial charge in [0, 0.05) is 18.3 Å². The van der Waals surface area contributed by atoms with Gasteiger partial charge in [0.1, 0.15) is 17.5 Å². The van der Waals surface area contributed by atoms with Gasteiger partial charge in [0.2, 0.25) is 10.0 Å². The smallest absolute Gasteiger partial charge is 0.262 e. The van der Waals surface area contributed by atoms with Crippen molar-refractivity contribution in [1.29, 1.82) is 0 Å². The van der Waals surface area contributed by atoms with Crippen LogP contribution in [0.15, 0.2) is 65.8 Å². The monoisotopic (exact) mass is 456 g/mol. The molecule has 1 fully saturated rings. The number of H-pyrrole nitrogens is 1. The first-order valence-corrected chi connectivity index (χ1v) is 11.7. The van der Waals surface area contributed by atoms with Gasteiger partial charge in [-0.1, -0.05) is 19.1 Å². The number of rotatable bonds is 6. The van der Waals surface area contributed by atoms with Crippen molar-refractivity contribution in [2.45, 2.75) is 30.7 Å². The number of carbonyl (C=O) groups is 1. The van der Waals surface area contributed by atoms with Crippen LogP contribution in [-0.4, -0.2) is 46.6 Å². The number of benzene rings is 2. The van der Waals surface area contributed by atoms with Crippen molar-refractivity contribution in [1.82, 2.24) is 20.0 Å². The van der Waals surface area contributed by atoms with E-state index in [4.69, 9.17) is 9.94 Å². The summed E-state index contributed by atoms with van der Waals surface area (Å²) in [6.07, 6.45) is 4.88. The zero-order chi connectivity index (χ0) is 22.7. The number of hydrogen-bond acceptors (Lipinski definition) is 6. The maximum Gasteiger partial charge on any atom is 0.262 e. The fourth-order valence-electron chi connectivity index (χ4n) is 3.95. The molecule has 2 atom stereocenters. The second-order valence-corrected chi connectivity index (χ2v) is 9.63. The van der Waals surface area contributed by atoms with Crippen LogP contribution in [0.3, 0.4) is 0 Å². The molecule has 32 heavy (non-hydrogen) atoms. The predicted octanol–water partition coefficient (Wildman–Crippen LogP) is 3.16. The van der Waals surface area contributed by atoms with Crippen molar-refractivity contribution in [2.24, 2.45) is 5.92 Å². The molecule has 168 valence electrons. The zero-order valence-corrected chi connectivity index (χ0v) is 18.2. The third-order valence-corrected chi connectivity index (χ3v) is 7.51. The molecule has 1 unspecified atom stereocenters. The Morgan fingerprint density at radius 1 is 1.12 bits per heavy atom. The number of aromatic nitrogens is 2. The van der Waals surface area contributed by atoms with E-state index in [0.717, 1.165) is 15.4 Å². The van der Waals surface area contributed by atoms with Gasteiger partial charge in [0.05, 0.1) is 11.1 Å². The number of carbonyl (C=O) groups excluding carboxylic acids is 1. The van der Waals surface area contributed by atoms with Gasteiger partial charge in [-0.3, -0.25) is 15.1 Å². The van der Waals surface area contributed by atoms with Crippen molar-refractivity contribution < 1.29 is 23.2 Å². The largest absolute Gasteiger partial charge is 0.457 e. The number of hydrogen-bond donors (Lipinski definition) is 3. The molecule has 9 nitrogen and oxygen atoms in total. The summed E-state index contributed by atoms with van der Waals surface area (Å²) in [7, 11) is -3.92. The minimum absolute atomic E-state index is 0.0602. The molecular weight excluding hydrogens is 432 g/mol. The summed E-state index contributed by atoms with van der Waals surface area (Å²) in [5, 5.41) is 15.8. The molecule has 0 aliphatic carbocycles. The summed E-state index contributed by atoms with van der Waals surface area (Å²) in [5.41, 5.74) is 3.55. The summed E-state index contributed by atoms with van der Waals surface area (Å²) in [6.45, 7) is 2.02. The zero-order valence-electron chi connectivity index (χ0n) is 17.4. The number of piperidine rings is 1. The Balaban J connectivity index is 1.50. The molecule has 2 aromatic carbocycles. The summed E-state index contributed by atoms with van der Waals surface area (Å²) >= 11 is 0. The number of ether oxygens (including phenoxy) is 1. The van der Waals surface area contributed by atoms with E-state index >= 15 is 0 Å². The summed E-state index contributed by atoms with van der Waals surface area (Å²) in [5.74, 6) is 0.159. The molecule has 0 radical (unpaired) electrons. The molecule has 1 aliphatic rings. The molecule has 2 heterocycles. The Bertz CT molecular complexity index is 1160. The molecule has 0 spiro atoms. The highest BCUT2D eigenvalue weighted by molar-refractivity contribution is 7.89. The first kappa shape index (κ1) is 22.0. The van der Waals surface area contributed by atoms with Gasteiger partial charge in [-0.15, -0.1) is 0 Å². The first-order valence-electron chi connectivity index (χ1n) is 10.2. The van der Waals surface area contributed by atoms with Crippen LogP contribution in [0.1, 0.15) is 19.8 Å². The first-order chi connectivity index (χ1) is 15.4. The van der Waals surface area contributed by atoms with E-state index in [2.05, 4.69) is 10.2 Å². The second kappa shape index (κ2) is 9.11. The second-order valence-electron chi connectivity index (χ2n) is 7.74. The summed E-state index contributed by atoms with van der Waals surface area (Å²) < 4.78 is 33.4. The van der Waals surface area contributed by atoms with Gasteiger partial charge in [-0.05, 0) is 60.7 Å². The van der Waals surface area contributed by atoms with E-state index in [1.807, 2.05) is 24.3 Å². The van der Waals surface area contributed by atoms with E-state index in [9.17, 15) is 13.2 Å². The number of nitrogens with one attached hydrogen (secondary N) is 2. The highest BCUT2D eigenvalue weighted by Gasteiger charge is 2.41. The lowest BCUT2D eigenvalue weighted by Crippen LogP contribution is -2.54. The van der Waals surface area contributed by atoms with E-state index < -0.39 is 22.0 Å². The molecular formula is C22H24N4O5S. The van der Waals surface area contributed by atoms with Gasteiger partial charge in [0.25, 0.3) is 5.91 Å². The minimum Gasteiger partial charge on any atom is -0.457 e. The quantitative estimate of drug-likeness (QED) is 0.387. The molecule has 0 bridgehead atoms. The Morgan fingerprint density at radius 2 is 1.78 bits per heavy atom. The number of aromatic amines is 1. The Hall–Kier alpha value is -3.21. The van der Waals surface area contributed by atoms with Gasteiger partial charge >= 0.3 is 0 Å². The van der Waals surface area contributed by atoms with Crippen molar-refractivity contribution in [3.8, 4) is 22.6 Å². The fourth-order valence-corrected chi connectivity index (χ4v) is 5.67. The minimum atomic E-state index is -3.92. The average Bonchev–Trinajstić information content (AvgIpc) is 3.34. The lowest BCUT2D eigenvalue weighted by atomic mass is 9.92. The Morgan fingerprint density at radius 3 is 2.38 bits per heavy atom. The maximum absolute atomic E-state index is 13.2. The third kappa shape index (κ3) is 4.38. The molecule has 10 heteroatoms. The third-order valence-electron chi connectivity index (χ3n) is 5.62. The fraction of sp³-hybridized carbons (Fsp3) is 0.273. The van der Waals surface area contributed by atoms with E-state index in [0.29, 0.717) is 24.3 Å². The van der Waals surface area contributed by atoms with Crippen LogP contribution in [0.25, 0.3) is 11.1 Å². The van der Waals surface area contributed by atoms with E-state index in [1.54, 1.807) is 36.9 Å². The molecule has 3 aromatic rings. The van der Waals surface area contributed by atoms with E-state index in [1.165, 1.54) is 12.1 Å². The molecule has 1 saturated heterocycles. The van der Waals surface area contributed by atoms with E-state index in [-0.39, 0.29) is 17.4 Å². The maximum atomic E-state index is 13.2. The van der Waals surface area contributed by atoms with Crippen LogP contribution >= 0.6 is 0 Å². The van der Waals surface area contributed by atoms with Gasteiger partial charge in [0.15, 0.2) is 0 Å². The van der Waals surface area contributed by atoms with Crippen molar-refractivity contribution in [3.63, 3.8) is 0 Å². The van der Waals surface area contributed by atoms with Crippen LogP contribution < -0.4 is 10.2 Å². The molecule has 4 rings (SSSR count). The standard InChI is InChI=1S/C22H24N4O5S/c1-15-3-2-12-26(21(15)22(27)25-28)32(29,30)20-10-8-19(9-11-20)31-18-6-4-16(5-7-18)17-13-23-24-14-17/h4-11,13-15,21,28H,2-3,12H2,1H3,(H,23,24)(H,25,27)/t15?,21-/m0/s1. The van der Waals surface area contributed by atoms with Gasteiger partial charge in [-0.2, -0.15) is 9.40 Å². The normalized spacial score (nSPS) is 19.4. The van der Waals surface area contributed by atoms with Crippen molar-refractivity contribution in [3.05, 3.63) is 60.9 Å². The summed E-state index contributed by atoms with van der Waals surface area (Å²) in [6, 6.07) is 12.6. The lowest BCUT2D eigenvalue weighted by Gasteiger charge is -2.37. The number of nitrogens with zero attached hydrogens (tertiary/aromatic N) is 2. The SMILES string of the molecule is CC1CCCN(S(=O)(=O)c2ccc(Oc3ccc(-c4cn[nH]c4)cc3)cc2)[C@@H]1C(=O)NO. The number of sulfonamides is 1. The molecule has 3 N–H and O–H groups in total. The predicted molar refractivity (Wildman–Crippen MR) is 117 cm³/mol. The van der Waals surface area contributed by atoms with Gasteiger partial charge in [-0.25, -0.2) is 13.9 Å². The summed E-state index contributed by atoms with van der Waals surface area (Å²) in [4.78, 5) is 12.2. The molecule has 1 aromatic heterocycles. The highest BCUT2D eigenvalue weighted by atomic mass is 32.2. The van der Waals surface area contributed by atoms with Crippen molar-refractivity contribution in [2.75, 3.05) is 6.54 Å². The van der Waals surface area contributed by atoms with Crippen molar-refractivity contribution >= 4 is 15.9 Å². The number of hydroxylamine groups is 1. The Labute approximate surface area is 186 Å². The van der Waals surface area contributed by atoms with Crippen LogP contribution in [-0.2, 0) is 14.8 Å².